The predicted octanol–water partition coefficient (Wildman–Crippen LogP) is 4.30. The molecule has 1 aromatic carbocycles. The Kier molecular flexibility index (Phi) is 5.63. The van der Waals surface area contributed by atoms with E-state index in [0.29, 0.717) is 6.04 Å². The van der Waals surface area contributed by atoms with Gasteiger partial charge in [0.2, 0.25) is 0 Å². The van der Waals surface area contributed by atoms with Crippen LogP contribution in [-0.4, -0.2) is 22.5 Å². The lowest BCUT2D eigenvalue weighted by atomic mass is 10.2. The summed E-state index contributed by atoms with van der Waals surface area (Å²) in [6.07, 6.45) is 4.00. The van der Waals surface area contributed by atoms with Gasteiger partial charge in [-0.25, -0.2) is 13.6 Å². The number of carbonyl (C=O) groups is 2. The molecule has 0 spiro atoms. The second-order valence-electron chi connectivity index (χ2n) is 6.93. The maximum absolute atomic E-state index is 13.6. The topological polar surface area (TPSA) is 60.3 Å². The highest BCUT2D eigenvalue weighted by atomic mass is 19.1. The Morgan fingerprint density at radius 3 is 2.50 bits per heavy atom. The van der Waals surface area contributed by atoms with Crippen molar-refractivity contribution in [2.24, 2.45) is 0 Å². The van der Waals surface area contributed by atoms with Crippen LogP contribution in [0.15, 0.2) is 30.3 Å². The van der Waals surface area contributed by atoms with Crippen molar-refractivity contribution >= 4 is 23.6 Å². The van der Waals surface area contributed by atoms with Crippen LogP contribution in [0.4, 0.5) is 14.5 Å². The smallest absolute Gasteiger partial charge is 0.331 e. The lowest BCUT2D eigenvalue weighted by Crippen LogP contribution is -2.30. The van der Waals surface area contributed by atoms with E-state index in [1.807, 2.05) is 19.9 Å². The Bertz CT molecular complexity index is 925. The number of hydrogen-bond donors (Lipinski definition) is 1. The van der Waals surface area contributed by atoms with Gasteiger partial charge in [0, 0.05) is 23.5 Å². The molecule has 0 bridgehead atoms. The van der Waals surface area contributed by atoms with E-state index in [9.17, 15) is 18.4 Å². The number of carbonyl (C=O) groups excluding carboxylic acids is 2. The molecule has 1 fully saturated rings. The van der Waals surface area contributed by atoms with Gasteiger partial charge in [0.1, 0.15) is 17.3 Å². The molecular weight excluding hydrogens is 366 g/mol. The minimum Gasteiger partial charge on any atom is -0.449 e. The molecule has 1 heterocycles. The van der Waals surface area contributed by atoms with Crippen LogP contribution in [0, 0.1) is 25.5 Å². The largest absolute Gasteiger partial charge is 0.449 e. The lowest BCUT2D eigenvalue weighted by Gasteiger charge is -2.13. The number of ether oxygens (including phenoxy) is 1. The zero-order valence-electron chi connectivity index (χ0n) is 16.0. The molecule has 1 aliphatic rings. The molecule has 1 saturated carbocycles. The van der Waals surface area contributed by atoms with E-state index in [2.05, 4.69) is 9.88 Å². The highest BCUT2D eigenvalue weighted by Crippen LogP contribution is 2.38. The predicted molar refractivity (Wildman–Crippen MR) is 102 cm³/mol. The van der Waals surface area contributed by atoms with Gasteiger partial charge in [-0.3, -0.25) is 4.79 Å². The molecule has 1 amide bonds. The second-order valence-corrected chi connectivity index (χ2v) is 6.93. The molecule has 1 aliphatic carbocycles. The summed E-state index contributed by atoms with van der Waals surface area (Å²) in [5.41, 5.74) is 2.54. The minimum atomic E-state index is -1.21. The van der Waals surface area contributed by atoms with Gasteiger partial charge < -0.3 is 14.6 Å². The first-order valence-electron chi connectivity index (χ1n) is 9.10. The first-order valence-corrected chi connectivity index (χ1v) is 9.10. The third-order valence-electron chi connectivity index (χ3n) is 4.71. The number of esters is 1. The number of aryl methyl sites for hydroxylation is 1. The summed E-state index contributed by atoms with van der Waals surface area (Å²) in [5, 5.41) is 2.10. The molecule has 5 nitrogen and oxygen atoms in total. The van der Waals surface area contributed by atoms with Crippen molar-refractivity contribution in [2.75, 3.05) is 5.32 Å². The molecule has 148 valence electrons. The van der Waals surface area contributed by atoms with E-state index < -0.39 is 35.3 Å². The van der Waals surface area contributed by atoms with Gasteiger partial charge in [-0.1, -0.05) is 6.07 Å². The van der Waals surface area contributed by atoms with Crippen molar-refractivity contribution in [3.63, 3.8) is 0 Å². The number of halogens is 2. The van der Waals surface area contributed by atoms with Crippen LogP contribution in [0.3, 0.4) is 0 Å². The molecule has 2 aromatic rings. The fourth-order valence-electron chi connectivity index (χ4n) is 3.13. The van der Waals surface area contributed by atoms with Crippen molar-refractivity contribution in [3.05, 3.63) is 58.9 Å². The highest BCUT2D eigenvalue weighted by Gasteiger charge is 2.26. The van der Waals surface area contributed by atoms with Gasteiger partial charge in [0.25, 0.3) is 5.91 Å². The number of hydrogen-bond acceptors (Lipinski definition) is 3. The highest BCUT2D eigenvalue weighted by molar-refractivity contribution is 5.96. The molecule has 7 heteroatoms. The number of benzene rings is 1. The first kappa shape index (κ1) is 19.8. The average Bonchev–Trinajstić information content (AvgIpc) is 3.42. The molecule has 0 unspecified atom stereocenters. The summed E-state index contributed by atoms with van der Waals surface area (Å²) in [6, 6.07) is 5.77. The van der Waals surface area contributed by atoms with Crippen molar-refractivity contribution < 1.29 is 23.1 Å². The summed E-state index contributed by atoms with van der Waals surface area (Å²) >= 11 is 0. The third-order valence-corrected chi connectivity index (χ3v) is 4.71. The van der Waals surface area contributed by atoms with Crippen LogP contribution in [-0.2, 0) is 14.3 Å². The van der Waals surface area contributed by atoms with Gasteiger partial charge >= 0.3 is 5.97 Å². The van der Waals surface area contributed by atoms with Crippen LogP contribution < -0.4 is 5.32 Å². The summed E-state index contributed by atoms with van der Waals surface area (Å²) in [5.74, 6) is -3.35. The maximum Gasteiger partial charge on any atom is 0.331 e. The molecule has 3 rings (SSSR count). The van der Waals surface area contributed by atoms with Gasteiger partial charge in [0.05, 0.1) is 0 Å². The molecule has 0 saturated heterocycles. The number of amides is 1. The summed E-state index contributed by atoms with van der Waals surface area (Å²) in [6.45, 7) is 5.35. The molecule has 28 heavy (non-hydrogen) atoms. The molecule has 0 radical (unpaired) electrons. The fraction of sp³-hybridized carbons (Fsp3) is 0.333. The zero-order valence-corrected chi connectivity index (χ0v) is 16.0. The van der Waals surface area contributed by atoms with E-state index in [0.717, 1.165) is 41.9 Å². The van der Waals surface area contributed by atoms with Gasteiger partial charge in [-0.15, -0.1) is 0 Å². The molecular formula is C21H22F2N2O3. The lowest BCUT2D eigenvalue weighted by molar-refractivity contribution is -0.148. The zero-order chi connectivity index (χ0) is 20.4. The summed E-state index contributed by atoms with van der Waals surface area (Å²) in [7, 11) is 0. The molecule has 1 aromatic heterocycles. The number of nitrogens with one attached hydrogen (secondary N) is 1. The third kappa shape index (κ3) is 4.30. The van der Waals surface area contributed by atoms with E-state index >= 15 is 0 Å². The number of rotatable bonds is 6. The van der Waals surface area contributed by atoms with Crippen LogP contribution in [0.1, 0.15) is 42.8 Å². The molecule has 1 atom stereocenters. The molecule has 0 aliphatic heterocycles. The number of anilines is 1. The quantitative estimate of drug-likeness (QED) is 0.593. The average molecular weight is 388 g/mol. The van der Waals surface area contributed by atoms with Crippen molar-refractivity contribution in [1.29, 1.82) is 0 Å². The normalized spacial score (nSPS) is 14.9. The Balaban J connectivity index is 1.60. The van der Waals surface area contributed by atoms with Crippen molar-refractivity contribution in [2.45, 2.75) is 45.8 Å². The monoisotopic (exact) mass is 388 g/mol. The number of nitrogens with zero attached hydrogens (tertiary/aromatic N) is 1. The number of aromatic nitrogens is 1. The van der Waals surface area contributed by atoms with Crippen LogP contribution in [0.5, 0.6) is 0 Å². The van der Waals surface area contributed by atoms with Crippen LogP contribution in [0.25, 0.3) is 6.08 Å². The van der Waals surface area contributed by atoms with Gasteiger partial charge in [-0.05, 0) is 63.5 Å². The summed E-state index contributed by atoms with van der Waals surface area (Å²) < 4.78 is 34.5. The van der Waals surface area contributed by atoms with Gasteiger partial charge in [0.15, 0.2) is 6.10 Å². The van der Waals surface area contributed by atoms with Gasteiger partial charge in [-0.2, -0.15) is 0 Å². The maximum atomic E-state index is 13.6. The van der Waals surface area contributed by atoms with E-state index in [1.165, 1.54) is 19.1 Å². The van der Waals surface area contributed by atoms with E-state index in [-0.39, 0.29) is 0 Å². The Hall–Kier alpha value is -2.96. The van der Waals surface area contributed by atoms with Crippen molar-refractivity contribution in [1.82, 2.24) is 4.57 Å². The minimum absolute atomic E-state index is 0.539. The fourth-order valence-corrected chi connectivity index (χ4v) is 3.13. The van der Waals surface area contributed by atoms with E-state index in [1.54, 1.807) is 6.08 Å². The SMILES string of the molecule is Cc1cc(/C=C/C(=O)O[C@H](C)C(=O)Nc2c(F)cccc2F)c(C)n1C1CC1. The van der Waals surface area contributed by atoms with E-state index in [4.69, 9.17) is 4.74 Å². The first-order chi connectivity index (χ1) is 13.3. The molecule has 1 N–H and O–H groups in total. The summed E-state index contributed by atoms with van der Waals surface area (Å²) in [4.78, 5) is 24.1. The standard InChI is InChI=1S/C21H22F2N2O3/c1-12-11-15(13(2)25(12)16-8-9-16)7-10-19(26)28-14(3)21(27)24-20-17(22)5-4-6-18(20)23/h4-7,10-11,14,16H,8-9H2,1-3H3,(H,24,27)/b10-7+/t14-/m1/s1. The second kappa shape index (κ2) is 7.96. The Morgan fingerprint density at radius 1 is 1.25 bits per heavy atom. The Morgan fingerprint density at radius 2 is 1.89 bits per heavy atom. The van der Waals surface area contributed by atoms with Crippen LogP contribution >= 0.6 is 0 Å². The van der Waals surface area contributed by atoms with Crippen LogP contribution in [0.2, 0.25) is 0 Å². The number of para-hydroxylation sites is 1. The Labute approximate surface area is 162 Å². The van der Waals surface area contributed by atoms with Crippen molar-refractivity contribution in [3.8, 4) is 0 Å².